The van der Waals surface area contributed by atoms with Crippen LogP contribution < -0.4 is 5.32 Å². The van der Waals surface area contributed by atoms with Gasteiger partial charge in [-0.05, 0) is 43.4 Å². The molecule has 0 saturated heterocycles. The Labute approximate surface area is 130 Å². The van der Waals surface area contributed by atoms with Crippen LogP contribution in [0.5, 0.6) is 0 Å². The fourth-order valence-electron chi connectivity index (χ4n) is 2.70. The normalized spacial score (nSPS) is 16.9. The van der Waals surface area contributed by atoms with Crippen LogP contribution in [0.25, 0.3) is 5.82 Å². The number of aryl methyl sites for hydroxylation is 1. The number of imidazole rings is 1. The smallest absolute Gasteiger partial charge is 0.220 e. The van der Waals surface area contributed by atoms with E-state index in [9.17, 15) is 4.79 Å². The van der Waals surface area contributed by atoms with Gasteiger partial charge in [-0.15, -0.1) is 0 Å². The molecule has 5 nitrogen and oxygen atoms in total. The molecule has 1 aliphatic carbocycles. The third kappa shape index (κ3) is 3.42. The van der Waals surface area contributed by atoms with Gasteiger partial charge in [0, 0.05) is 31.6 Å². The summed E-state index contributed by atoms with van der Waals surface area (Å²) in [4.78, 5) is 20.5. The van der Waals surface area contributed by atoms with E-state index in [1.807, 2.05) is 29.8 Å². The van der Waals surface area contributed by atoms with Crippen LogP contribution in [0.1, 0.15) is 30.7 Å². The lowest BCUT2D eigenvalue weighted by molar-refractivity contribution is -0.121. The summed E-state index contributed by atoms with van der Waals surface area (Å²) < 4.78 is 1.93. The van der Waals surface area contributed by atoms with Crippen molar-refractivity contribution in [2.75, 3.05) is 0 Å². The highest BCUT2D eigenvalue weighted by Crippen LogP contribution is 2.20. The standard InChI is InChI=1S/C17H20N4O/c1-13-18-8-9-21(13)16-10-15(6-7-19-16)12-20-17(22)11-14-4-2-3-5-14/h2,4,6-10,14H,3,5,11-12H2,1H3,(H,20,22)/t14-/m1/s1. The zero-order chi connectivity index (χ0) is 15.4. The first kappa shape index (κ1) is 14.5. The summed E-state index contributed by atoms with van der Waals surface area (Å²) in [5.74, 6) is 2.22. The maximum atomic E-state index is 12.0. The molecule has 0 aliphatic heterocycles. The number of pyridine rings is 1. The Balaban J connectivity index is 1.60. The van der Waals surface area contributed by atoms with Crippen LogP contribution in [0.15, 0.2) is 42.9 Å². The summed E-state index contributed by atoms with van der Waals surface area (Å²) in [6.07, 6.45) is 12.5. The lowest BCUT2D eigenvalue weighted by Gasteiger charge is -2.10. The molecule has 1 aliphatic rings. The van der Waals surface area contributed by atoms with Gasteiger partial charge in [-0.2, -0.15) is 0 Å². The number of nitrogens with zero attached hydrogens (tertiary/aromatic N) is 3. The maximum absolute atomic E-state index is 12.0. The van der Waals surface area contributed by atoms with Gasteiger partial charge in [0.1, 0.15) is 11.6 Å². The molecule has 0 radical (unpaired) electrons. The zero-order valence-electron chi connectivity index (χ0n) is 12.7. The molecule has 0 bridgehead atoms. The van der Waals surface area contributed by atoms with Crippen LogP contribution in [-0.4, -0.2) is 20.4 Å². The number of nitrogens with one attached hydrogen (secondary N) is 1. The predicted molar refractivity (Wildman–Crippen MR) is 84.4 cm³/mol. The van der Waals surface area contributed by atoms with E-state index in [1.54, 1.807) is 12.4 Å². The van der Waals surface area contributed by atoms with E-state index in [0.717, 1.165) is 30.0 Å². The Morgan fingerprint density at radius 1 is 1.41 bits per heavy atom. The molecule has 1 atom stereocenters. The maximum Gasteiger partial charge on any atom is 0.220 e. The zero-order valence-corrected chi connectivity index (χ0v) is 12.7. The molecule has 2 heterocycles. The molecule has 5 heteroatoms. The van der Waals surface area contributed by atoms with Crippen LogP contribution in [-0.2, 0) is 11.3 Å². The average Bonchev–Trinajstić information content (AvgIpc) is 3.17. The molecular weight excluding hydrogens is 276 g/mol. The van der Waals surface area contributed by atoms with Crippen LogP contribution in [0.4, 0.5) is 0 Å². The summed E-state index contributed by atoms with van der Waals surface area (Å²) >= 11 is 0. The van der Waals surface area contributed by atoms with Gasteiger partial charge in [0.2, 0.25) is 5.91 Å². The Kier molecular flexibility index (Phi) is 4.32. The topological polar surface area (TPSA) is 59.8 Å². The van der Waals surface area contributed by atoms with Gasteiger partial charge in [-0.3, -0.25) is 9.36 Å². The monoisotopic (exact) mass is 296 g/mol. The third-order valence-corrected chi connectivity index (χ3v) is 3.93. The van der Waals surface area contributed by atoms with Gasteiger partial charge < -0.3 is 5.32 Å². The SMILES string of the molecule is Cc1nccn1-c1cc(CNC(=O)C[C@@H]2C=CCC2)ccn1. The lowest BCUT2D eigenvalue weighted by atomic mass is 10.1. The van der Waals surface area contributed by atoms with Crippen molar-refractivity contribution in [1.82, 2.24) is 19.9 Å². The molecule has 22 heavy (non-hydrogen) atoms. The van der Waals surface area contributed by atoms with Crippen molar-refractivity contribution in [2.45, 2.75) is 32.7 Å². The van der Waals surface area contributed by atoms with Crippen LogP contribution in [0.2, 0.25) is 0 Å². The minimum Gasteiger partial charge on any atom is -0.352 e. The summed E-state index contributed by atoms with van der Waals surface area (Å²) in [5.41, 5.74) is 1.04. The number of hydrogen-bond acceptors (Lipinski definition) is 3. The van der Waals surface area contributed by atoms with Crippen molar-refractivity contribution in [2.24, 2.45) is 5.92 Å². The highest BCUT2D eigenvalue weighted by atomic mass is 16.1. The van der Waals surface area contributed by atoms with Crippen LogP contribution in [0.3, 0.4) is 0 Å². The molecule has 2 aromatic heterocycles. The lowest BCUT2D eigenvalue weighted by Crippen LogP contribution is -2.24. The minimum atomic E-state index is 0.105. The van der Waals surface area contributed by atoms with Gasteiger partial charge in [0.05, 0.1) is 0 Å². The Morgan fingerprint density at radius 3 is 3.05 bits per heavy atom. The highest BCUT2D eigenvalue weighted by molar-refractivity contribution is 5.76. The van der Waals surface area contributed by atoms with Gasteiger partial charge in [-0.25, -0.2) is 9.97 Å². The third-order valence-electron chi connectivity index (χ3n) is 3.93. The molecular formula is C17H20N4O. The van der Waals surface area contributed by atoms with E-state index in [-0.39, 0.29) is 5.91 Å². The molecule has 0 aromatic carbocycles. The second-order valence-corrected chi connectivity index (χ2v) is 5.61. The van der Waals surface area contributed by atoms with Gasteiger partial charge >= 0.3 is 0 Å². The summed E-state index contributed by atoms with van der Waals surface area (Å²) in [6.45, 7) is 2.46. The number of aromatic nitrogens is 3. The molecule has 2 aromatic rings. The molecule has 1 amide bonds. The molecule has 0 fully saturated rings. The summed E-state index contributed by atoms with van der Waals surface area (Å²) in [7, 11) is 0. The second-order valence-electron chi connectivity index (χ2n) is 5.61. The van der Waals surface area contributed by atoms with E-state index in [2.05, 4.69) is 27.4 Å². The van der Waals surface area contributed by atoms with E-state index < -0.39 is 0 Å². The van der Waals surface area contributed by atoms with E-state index >= 15 is 0 Å². The van der Waals surface area contributed by atoms with Gasteiger partial charge in [-0.1, -0.05) is 12.2 Å². The van der Waals surface area contributed by atoms with Gasteiger partial charge in [0.25, 0.3) is 0 Å². The van der Waals surface area contributed by atoms with Crippen molar-refractivity contribution in [3.8, 4) is 5.82 Å². The van der Waals surface area contributed by atoms with E-state index in [0.29, 0.717) is 18.9 Å². The largest absolute Gasteiger partial charge is 0.352 e. The number of allylic oxidation sites excluding steroid dienone is 2. The predicted octanol–water partition coefficient (Wildman–Crippen LogP) is 2.55. The summed E-state index contributed by atoms with van der Waals surface area (Å²) in [6, 6.07) is 3.90. The molecule has 0 unspecified atom stereocenters. The van der Waals surface area contributed by atoms with Crippen LogP contribution >= 0.6 is 0 Å². The fourth-order valence-corrected chi connectivity index (χ4v) is 2.70. The Hall–Kier alpha value is -2.43. The molecule has 0 saturated carbocycles. The molecule has 114 valence electrons. The quantitative estimate of drug-likeness (QED) is 0.863. The van der Waals surface area contributed by atoms with E-state index in [1.165, 1.54) is 0 Å². The summed E-state index contributed by atoms with van der Waals surface area (Å²) in [5, 5.41) is 2.99. The number of rotatable bonds is 5. The number of carbonyl (C=O) groups excluding carboxylic acids is 1. The first-order valence-electron chi connectivity index (χ1n) is 7.61. The van der Waals surface area contributed by atoms with Crippen molar-refractivity contribution < 1.29 is 4.79 Å². The molecule has 3 rings (SSSR count). The molecule has 0 spiro atoms. The number of hydrogen-bond donors (Lipinski definition) is 1. The van der Waals surface area contributed by atoms with E-state index in [4.69, 9.17) is 0 Å². The first-order chi connectivity index (χ1) is 10.7. The van der Waals surface area contributed by atoms with Crippen molar-refractivity contribution in [3.63, 3.8) is 0 Å². The van der Waals surface area contributed by atoms with Crippen molar-refractivity contribution in [3.05, 3.63) is 54.3 Å². The highest BCUT2D eigenvalue weighted by Gasteiger charge is 2.13. The molecule has 1 N–H and O–H groups in total. The average molecular weight is 296 g/mol. The van der Waals surface area contributed by atoms with Crippen LogP contribution in [0, 0.1) is 12.8 Å². The minimum absolute atomic E-state index is 0.105. The fraction of sp³-hybridized carbons (Fsp3) is 0.353. The van der Waals surface area contributed by atoms with Crippen molar-refractivity contribution >= 4 is 5.91 Å². The first-order valence-corrected chi connectivity index (χ1v) is 7.61. The van der Waals surface area contributed by atoms with Crippen molar-refractivity contribution in [1.29, 1.82) is 0 Å². The second kappa shape index (κ2) is 6.56. The Bertz CT molecular complexity index is 689. The Morgan fingerprint density at radius 2 is 2.32 bits per heavy atom. The van der Waals surface area contributed by atoms with Gasteiger partial charge in [0.15, 0.2) is 0 Å². The number of carbonyl (C=O) groups is 1. The number of amides is 1.